The fourth-order valence-corrected chi connectivity index (χ4v) is 4.87. The molecule has 152 valence electrons. The molecular weight excluding hydrogens is 429 g/mol. The second kappa shape index (κ2) is 7.81. The molecule has 4 aromatic rings. The van der Waals surface area contributed by atoms with Crippen LogP contribution in [-0.2, 0) is 10.0 Å². The quantitative estimate of drug-likeness (QED) is 0.437. The predicted molar refractivity (Wildman–Crippen MR) is 110 cm³/mol. The molecule has 0 aliphatic heterocycles. The largest absolute Gasteiger partial charge is 0.334 e. The molecule has 0 saturated heterocycles. The van der Waals surface area contributed by atoms with Gasteiger partial charge in [0, 0.05) is 22.2 Å². The number of sulfonamides is 1. The van der Waals surface area contributed by atoms with Crippen molar-refractivity contribution in [2.24, 2.45) is 0 Å². The van der Waals surface area contributed by atoms with Crippen LogP contribution in [0.25, 0.3) is 22.8 Å². The van der Waals surface area contributed by atoms with Crippen molar-refractivity contribution in [1.29, 1.82) is 0 Å². The number of nitrogens with zero attached hydrogens (tertiary/aromatic N) is 2. The molecule has 30 heavy (non-hydrogen) atoms. The minimum atomic E-state index is -3.88. The number of nitrogens with one attached hydrogen (secondary N) is 1. The van der Waals surface area contributed by atoms with Gasteiger partial charge in [-0.3, -0.25) is 9.52 Å². The second-order valence-corrected chi connectivity index (χ2v) is 9.15. The Bertz CT molecular complexity index is 1350. The monoisotopic (exact) mass is 443 g/mol. The third-order valence-electron chi connectivity index (χ3n) is 4.12. The van der Waals surface area contributed by atoms with Crippen molar-refractivity contribution in [3.05, 3.63) is 71.4 Å². The van der Waals surface area contributed by atoms with E-state index in [0.717, 1.165) is 11.3 Å². The van der Waals surface area contributed by atoms with Crippen LogP contribution < -0.4 is 4.72 Å². The van der Waals surface area contributed by atoms with Gasteiger partial charge in [-0.05, 0) is 37.3 Å². The van der Waals surface area contributed by atoms with Crippen LogP contribution in [0.1, 0.15) is 17.3 Å². The maximum Gasteiger partial charge on any atom is 0.271 e. The fourth-order valence-electron chi connectivity index (χ4n) is 2.66. The fraction of sp³-hybridized carbons (Fsp3) is 0.0500. The highest BCUT2D eigenvalue weighted by Crippen LogP contribution is 2.30. The lowest BCUT2D eigenvalue weighted by molar-refractivity contribution is 0.101. The lowest BCUT2D eigenvalue weighted by Crippen LogP contribution is -2.11. The molecule has 0 spiro atoms. The molecular formula is C20H14FN3O4S2. The lowest BCUT2D eigenvalue weighted by atomic mass is 10.1. The highest BCUT2D eigenvalue weighted by molar-refractivity contribution is 7.94. The standard InChI is InChI=1S/C20H14FN3O4S2/c1-12(25)13-4-3-7-17(9-13)24-30(26,27)18-10-15(11-29-18)20-22-19(23-28-20)14-5-2-6-16(21)8-14/h2-11,24H,1H3. The van der Waals surface area contributed by atoms with Crippen molar-refractivity contribution in [2.75, 3.05) is 4.72 Å². The number of halogens is 1. The molecule has 1 N–H and O–H groups in total. The van der Waals surface area contributed by atoms with E-state index in [4.69, 9.17) is 4.52 Å². The molecule has 2 heterocycles. The van der Waals surface area contributed by atoms with Gasteiger partial charge >= 0.3 is 0 Å². The summed E-state index contributed by atoms with van der Waals surface area (Å²) < 4.78 is 46.5. The van der Waals surface area contributed by atoms with Gasteiger partial charge in [-0.1, -0.05) is 29.4 Å². The van der Waals surface area contributed by atoms with E-state index in [-0.39, 0.29) is 27.4 Å². The zero-order chi connectivity index (χ0) is 21.3. The summed E-state index contributed by atoms with van der Waals surface area (Å²) in [4.78, 5) is 15.7. The van der Waals surface area contributed by atoms with Crippen molar-refractivity contribution in [3.8, 4) is 22.8 Å². The minimum Gasteiger partial charge on any atom is -0.334 e. The van der Waals surface area contributed by atoms with E-state index >= 15 is 0 Å². The first-order chi connectivity index (χ1) is 14.3. The molecule has 10 heteroatoms. The Morgan fingerprint density at radius 3 is 2.67 bits per heavy atom. The van der Waals surface area contributed by atoms with Gasteiger partial charge in [-0.2, -0.15) is 4.98 Å². The van der Waals surface area contributed by atoms with Crippen LogP contribution in [0.4, 0.5) is 10.1 Å². The number of anilines is 1. The van der Waals surface area contributed by atoms with Crippen molar-refractivity contribution < 1.29 is 22.1 Å². The zero-order valence-corrected chi connectivity index (χ0v) is 17.1. The maximum atomic E-state index is 13.4. The second-order valence-electron chi connectivity index (χ2n) is 6.33. The van der Waals surface area contributed by atoms with Crippen LogP contribution in [0.5, 0.6) is 0 Å². The number of thiophene rings is 1. The number of hydrogen-bond acceptors (Lipinski definition) is 7. The minimum absolute atomic E-state index is 0.0382. The van der Waals surface area contributed by atoms with Gasteiger partial charge in [0.05, 0.1) is 5.56 Å². The number of aromatic nitrogens is 2. The van der Waals surface area contributed by atoms with E-state index in [9.17, 15) is 17.6 Å². The SMILES string of the molecule is CC(=O)c1cccc(NS(=O)(=O)c2cc(-c3nc(-c4cccc(F)c4)no3)cs2)c1. The molecule has 0 atom stereocenters. The van der Waals surface area contributed by atoms with Gasteiger partial charge < -0.3 is 4.52 Å². The van der Waals surface area contributed by atoms with E-state index in [0.29, 0.717) is 16.7 Å². The first kappa shape index (κ1) is 19.9. The summed E-state index contributed by atoms with van der Waals surface area (Å²) in [7, 11) is -3.88. The van der Waals surface area contributed by atoms with E-state index in [2.05, 4.69) is 14.9 Å². The predicted octanol–water partition coefficient (Wildman–Crippen LogP) is 4.61. The number of hydrogen-bond donors (Lipinski definition) is 1. The molecule has 2 aromatic heterocycles. The molecule has 0 bridgehead atoms. The van der Waals surface area contributed by atoms with Crippen molar-refractivity contribution in [1.82, 2.24) is 10.1 Å². The van der Waals surface area contributed by atoms with E-state index in [1.807, 2.05) is 0 Å². The molecule has 0 unspecified atom stereocenters. The smallest absolute Gasteiger partial charge is 0.271 e. The number of rotatable bonds is 6. The molecule has 2 aromatic carbocycles. The lowest BCUT2D eigenvalue weighted by Gasteiger charge is -2.07. The Morgan fingerprint density at radius 1 is 1.10 bits per heavy atom. The molecule has 0 saturated carbocycles. The summed E-state index contributed by atoms with van der Waals surface area (Å²) in [6.45, 7) is 1.40. The molecule has 0 amide bonds. The van der Waals surface area contributed by atoms with Gasteiger partial charge in [-0.25, -0.2) is 12.8 Å². The van der Waals surface area contributed by atoms with Crippen LogP contribution >= 0.6 is 11.3 Å². The van der Waals surface area contributed by atoms with Gasteiger partial charge in [0.1, 0.15) is 10.0 Å². The third kappa shape index (κ3) is 4.14. The average Bonchev–Trinajstić information content (AvgIpc) is 3.38. The summed E-state index contributed by atoms with van der Waals surface area (Å²) in [5.41, 5.74) is 1.55. The van der Waals surface area contributed by atoms with Gasteiger partial charge in [-0.15, -0.1) is 11.3 Å². The summed E-state index contributed by atoms with van der Waals surface area (Å²) >= 11 is 0.983. The number of ketones is 1. The number of Topliss-reactive ketones (excluding diaryl/α,β-unsaturated/α-hetero) is 1. The van der Waals surface area contributed by atoms with Crippen LogP contribution in [0.15, 0.2) is 68.7 Å². The summed E-state index contributed by atoms with van der Waals surface area (Å²) in [6.07, 6.45) is 0. The zero-order valence-electron chi connectivity index (χ0n) is 15.5. The first-order valence-electron chi connectivity index (χ1n) is 8.64. The number of carbonyl (C=O) groups is 1. The van der Waals surface area contributed by atoms with E-state index in [1.54, 1.807) is 29.6 Å². The van der Waals surface area contributed by atoms with Crippen molar-refractivity contribution in [3.63, 3.8) is 0 Å². The molecule has 0 aliphatic carbocycles. The molecule has 4 rings (SSSR count). The van der Waals surface area contributed by atoms with Crippen LogP contribution in [0.2, 0.25) is 0 Å². The first-order valence-corrected chi connectivity index (χ1v) is 11.0. The molecule has 0 radical (unpaired) electrons. The van der Waals surface area contributed by atoms with Crippen LogP contribution in [-0.4, -0.2) is 24.3 Å². The Labute approximate surface area is 175 Å². The summed E-state index contributed by atoms with van der Waals surface area (Å²) in [5, 5.41) is 5.40. The topological polar surface area (TPSA) is 102 Å². The third-order valence-corrected chi connectivity index (χ3v) is 6.94. The number of benzene rings is 2. The van der Waals surface area contributed by atoms with E-state index < -0.39 is 15.8 Å². The molecule has 0 fully saturated rings. The van der Waals surface area contributed by atoms with E-state index in [1.165, 1.54) is 37.3 Å². The number of carbonyl (C=O) groups excluding carboxylic acids is 1. The van der Waals surface area contributed by atoms with Crippen molar-refractivity contribution in [2.45, 2.75) is 11.1 Å². The highest BCUT2D eigenvalue weighted by Gasteiger charge is 2.20. The molecule has 0 aliphatic rings. The molecule has 7 nitrogen and oxygen atoms in total. The summed E-state index contributed by atoms with van der Waals surface area (Å²) in [6, 6.07) is 13.4. The summed E-state index contributed by atoms with van der Waals surface area (Å²) in [5.74, 6) is -0.285. The van der Waals surface area contributed by atoms with Crippen molar-refractivity contribution >= 4 is 32.8 Å². The van der Waals surface area contributed by atoms with Crippen LogP contribution in [0, 0.1) is 5.82 Å². The van der Waals surface area contributed by atoms with Gasteiger partial charge in [0.15, 0.2) is 5.78 Å². The van der Waals surface area contributed by atoms with Gasteiger partial charge in [0.2, 0.25) is 5.82 Å². The highest BCUT2D eigenvalue weighted by atomic mass is 32.2. The average molecular weight is 443 g/mol. The van der Waals surface area contributed by atoms with Crippen LogP contribution in [0.3, 0.4) is 0 Å². The normalized spacial score (nSPS) is 11.4. The Hall–Kier alpha value is -3.37. The Morgan fingerprint density at radius 2 is 1.90 bits per heavy atom. The Kier molecular flexibility index (Phi) is 5.18. The van der Waals surface area contributed by atoms with Gasteiger partial charge in [0.25, 0.3) is 15.9 Å². The Balaban J connectivity index is 1.58. The maximum absolute atomic E-state index is 13.4.